The second kappa shape index (κ2) is 4.54. The maximum Gasteiger partial charge on any atom is 0.156 e. The molecule has 0 bridgehead atoms. The summed E-state index contributed by atoms with van der Waals surface area (Å²) in [6.07, 6.45) is 0. The van der Waals surface area contributed by atoms with Crippen molar-refractivity contribution in [1.29, 1.82) is 0 Å². The molecule has 0 spiro atoms. The van der Waals surface area contributed by atoms with Crippen LogP contribution in [0.1, 0.15) is 25.0 Å². The van der Waals surface area contributed by atoms with Gasteiger partial charge in [0.05, 0.1) is 11.0 Å². The fourth-order valence-corrected chi connectivity index (χ4v) is 2.31. The van der Waals surface area contributed by atoms with Gasteiger partial charge in [-0.1, -0.05) is 23.7 Å². The van der Waals surface area contributed by atoms with Gasteiger partial charge in [0.1, 0.15) is 0 Å². The topological polar surface area (TPSA) is 34.1 Å². The highest BCUT2D eigenvalue weighted by molar-refractivity contribution is 7.91. The van der Waals surface area contributed by atoms with Crippen LogP contribution in [-0.4, -0.2) is 13.7 Å². The lowest BCUT2D eigenvalue weighted by Crippen LogP contribution is -2.15. The van der Waals surface area contributed by atoms with Crippen LogP contribution in [0.3, 0.4) is 0 Å². The average molecular weight is 247 g/mol. The molecule has 0 aromatic heterocycles. The summed E-state index contributed by atoms with van der Waals surface area (Å²) in [5.41, 5.74) is 1.71. The molecule has 1 aromatic rings. The Labute approximate surface area is 96.2 Å². The van der Waals surface area contributed by atoms with Crippen LogP contribution < -0.4 is 0 Å². The highest BCUT2D eigenvalue weighted by Crippen LogP contribution is 2.19. The van der Waals surface area contributed by atoms with Crippen LogP contribution in [0.2, 0.25) is 5.02 Å². The first-order chi connectivity index (χ1) is 6.83. The Balaban J connectivity index is 2.96. The molecule has 0 aliphatic heterocycles. The van der Waals surface area contributed by atoms with E-state index in [1.165, 1.54) is 0 Å². The predicted molar refractivity (Wildman–Crippen MR) is 63.9 cm³/mol. The van der Waals surface area contributed by atoms with E-state index in [-0.39, 0.29) is 11.0 Å². The number of rotatable bonds is 3. The standard InChI is InChI=1S/C11H15ClO2S/c1-8(2)15(13,14)7-10-5-4-9(3)11(12)6-10/h4-6,8H,7H2,1-3H3. The van der Waals surface area contributed by atoms with E-state index in [2.05, 4.69) is 0 Å². The van der Waals surface area contributed by atoms with E-state index in [1.54, 1.807) is 26.0 Å². The first kappa shape index (κ1) is 12.5. The number of hydrogen-bond acceptors (Lipinski definition) is 2. The minimum absolute atomic E-state index is 0.0602. The molecular formula is C11H15ClO2S. The summed E-state index contributed by atoms with van der Waals surface area (Å²) in [5.74, 6) is 0.0602. The molecule has 1 rings (SSSR count). The molecular weight excluding hydrogens is 232 g/mol. The molecule has 0 N–H and O–H groups in total. The van der Waals surface area contributed by atoms with Gasteiger partial charge in [-0.15, -0.1) is 0 Å². The lowest BCUT2D eigenvalue weighted by atomic mass is 10.2. The summed E-state index contributed by atoms with van der Waals surface area (Å²) in [7, 11) is -3.04. The first-order valence-electron chi connectivity index (χ1n) is 4.79. The Morgan fingerprint density at radius 3 is 2.40 bits per heavy atom. The fraction of sp³-hybridized carbons (Fsp3) is 0.455. The molecule has 15 heavy (non-hydrogen) atoms. The number of sulfone groups is 1. The van der Waals surface area contributed by atoms with Crippen molar-refractivity contribution in [2.24, 2.45) is 0 Å². The van der Waals surface area contributed by atoms with Gasteiger partial charge in [0, 0.05) is 5.02 Å². The summed E-state index contributed by atoms with van der Waals surface area (Å²) >= 11 is 5.93. The maximum absolute atomic E-state index is 11.7. The Morgan fingerprint density at radius 1 is 1.33 bits per heavy atom. The zero-order chi connectivity index (χ0) is 11.6. The van der Waals surface area contributed by atoms with Crippen molar-refractivity contribution in [1.82, 2.24) is 0 Å². The molecule has 0 saturated carbocycles. The van der Waals surface area contributed by atoms with Crippen molar-refractivity contribution in [2.45, 2.75) is 31.8 Å². The zero-order valence-corrected chi connectivity index (χ0v) is 10.7. The zero-order valence-electron chi connectivity index (χ0n) is 9.12. The first-order valence-corrected chi connectivity index (χ1v) is 6.89. The molecule has 0 unspecified atom stereocenters. The summed E-state index contributed by atoms with van der Waals surface area (Å²) in [6.45, 7) is 5.26. The van der Waals surface area contributed by atoms with Gasteiger partial charge in [-0.2, -0.15) is 0 Å². The molecule has 0 heterocycles. The third kappa shape index (κ3) is 3.21. The third-order valence-corrected chi connectivity index (χ3v) is 4.90. The van der Waals surface area contributed by atoms with Gasteiger partial charge >= 0.3 is 0 Å². The van der Waals surface area contributed by atoms with E-state index in [4.69, 9.17) is 11.6 Å². The van der Waals surface area contributed by atoms with Crippen LogP contribution in [0, 0.1) is 6.92 Å². The van der Waals surface area contributed by atoms with Gasteiger partial charge in [-0.05, 0) is 38.0 Å². The monoisotopic (exact) mass is 246 g/mol. The predicted octanol–water partition coefficient (Wildman–Crippen LogP) is 2.97. The Hall–Kier alpha value is -0.540. The van der Waals surface area contributed by atoms with Crippen molar-refractivity contribution in [3.05, 3.63) is 34.3 Å². The van der Waals surface area contributed by atoms with Crippen molar-refractivity contribution < 1.29 is 8.42 Å². The van der Waals surface area contributed by atoms with Crippen molar-refractivity contribution in [3.8, 4) is 0 Å². The number of aryl methyl sites for hydroxylation is 1. The number of halogens is 1. The normalized spacial score (nSPS) is 12.1. The summed E-state index contributed by atoms with van der Waals surface area (Å²) in [4.78, 5) is 0. The third-order valence-electron chi connectivity index (χ3n) is 2.32. The minimum atomic E-state index is -3.04. The summed E-state index contributed by atoms with van der Waals surface area (Å²) in [5, 5.41) is 0.268. The van der Waals surface area contributed by atoms with E-state index in [0.717, 1.165) is 11.1 Å². The molecule has 0 aliphatic rings. The van der Waals surface area contributed by atoms with E-state index in [0.29, 0.717) is 5.02 Å². The highest BCUT2D eigenvalue weighted by Gasteiger charge is 2.16. The fourth-order valence-electron chi connectivity index (χ4n) is 1.13. The summed E-state index contributed by atoms with van der Waals surface area (Å²) < 4.78 is 23.3. The van der Waals surface area contributed by atoms with Crippen LogP contribution in [0.5, 0.6) is 0 Å². The van der Waals surface area contributed by atoms with Gasteiger partial charge < -0.3 is 0 Å². The number of benzene rings is 1. The molecule has 0 aliphatic carbocycles. The Morgan fingerprint density at radius 2 is 1.93 bits per heavy atom. The molecule has 4 heteroatoms. The molecule has 0 radical (unpaired) electrons. The van der Waals surface area contributed by atoms with Crippen LogP contribution >= 0.6 is 11.6 Å². The lowest BCUT2D eigenvalue weighted by Gasteiger charge is -2.08. The smallest absolute Gasteiger partial charge is 0.156 e. The summed E-state index contributed by atoms with van der Waals surface area (Å²) in [6, 6.07) is 5.37. The average Bonchev–Trinajstić information content (AvgIpc) is 2.10. The SMILES string of the molecule is Cc1ccc(CS(=O)(=O)C(C)C)cc1Cl. The van der Waals surface area contributed by atoms with E-state index < -0.39 is 9.84 Å². The highest BCUT2D eigenvalue weighted by atomic mass is 35.5. The van der Waals surface area contributed by atoms with Crippen molar-refractivity contribution in [3.63, 3.8) is 0 Å². The molecule has 84 valence electrons. The molecule has 0 saturated heterocycles. The van der Waals surface area contributed by atoms with E-state index >= 15 is 0 Å². The Bertz CT molecular complexity index is 450. The van der Waals surface area contributed by atoms with Crippen LogP contribution in [0.4, 0.5) is 0 Å². The minimum Gasteiger partial charge on any atom is -0.228 e. The van der Waals surface area contributed by atoms with Gasteiger partial charge in [0.2, 0.25) is 0 Å². The van der Waals surface area contributed by atoms with Gasteiger partial charge in [0.25, 0.3) is 0 Å². The number of hydrogen-bond donors (Lipinski definition) is 0. The largest absolute Gasteiger partial charge is 0.228 e. The lowest BCUT2D eigenvalue weighted by molar-refractivity contribution is 0.586. The Kier molecular flexibility index (Phi) is 3.79. The van der Waals surface area contributed by atoms with Gasteiger partial charge in [-0.25, -0.2) is 8.42 Å². The van der Waals surface area contributed by atoms with Crippen molar-refractivity contribution >= 4 is 21.4 Å². The molecule has 1 aromatic carbocycles. The van der Waals surface area contributed by atoms with E-state index in [1.807, 2.05) is 13.0 Å². The maximum atomic E-state index is 11.7. The molecule has 0 atom stereocenters. The van der Waals surface area contributed by atoms with Gasteiger partial charge in [-0.3, -0.25) is 0 Å². The molecule has 0 amide bonds. The second-order valence-electron chi connectivity index (χ2n) is 3.94. The quantitative estimate of drug-likeness (QED) is 0.822. The van der Waals surface area contributed by atoms with Crippen LogP contribution in [0.15, 0.2) is 18.2 Å². The molecule has 2 nitrogen and oxygen atoms in total. The van der Waals surface area contributed by atoms with Crippen LogP contribution in [-0.2, 0) is 15.6 Å². The van der Waals surface area contributed by atoms with Crippen molar-refractivity contribution in [2.75, 3.05) is 0 Å². The molecule has 0 fully saturated rings. The second-order valence-corrected chi connectivity index (χ2v) is 6.90. The van der Waals surface area contributed by atoms with Gasteiger partial charge in [0.15, 0.2) is 9.84 Å². The van der Waals surface area contributed by atoms with Crippen LogP contribution in [0.25, 0.3) is 0 Å². The van der Waals surface area contributed by atoms with E-state index in [9.17, 15) is 8.42 Å².